The van der Waals surface area contributed by atoms with E-state index in [2.05, 4.69) is 16.9 Å². The Bertz CT molecular complexity index is 537. The molecule has 4 nitrogen and oxygen atoms in total. The lowest BCUT2D eigenvalue weighted by molar-refractivity contribution is 0.0734. The van der Waals surface area contributed by atoms with Crippen molar-refractivity contribution >= 4 is 29.1 Å². The summed E-state index contributed by atoms with van der Waals surface area (Å²) in [6.45, 7) is 1.51. The van der Waals surface area contributed by atoms with E-state index in [-0.39, 0.29) is 11.6 Å². The number of hydrogen-bond donors (Lipinski definition) is 0. The molecule has 2 unspecified atom stereocenters. The fraction of sp³-hybridized carbons (Fsp3) is 0.571. The Labute approximate surface area is 128 Å². The van der Waals surface area contributed by atoms with Crippen molar-refractivity contribution in [1.82, 2.24) is 14.8 Å². The standard InChI is InChI=1S/C14H17Cl2N3O/c1-18-9-2-3-10(18)8-19(7-6-9)14(20)13-11(15)4-5-12(16)17-13/h4-5,9-10H,2-3,6-8H2,1H3. The van der Waals surface area contributed by atoms with Gasteiger partial charge in [0.05, 0.1) is 5.02 Å². The maximum Gasteiger partial charge on any atom is 0.274 e. The third-order valence-electron chi connectivity index (χ3n) is 4.45. The van der Waals surface area contributed by atoms with Crippen LogP contribution in [0.3, 0.4) is 0 Å². The molecule has 1 aromatic heterocycles. The first-order valence-corrected chi connectivity index (χ1v) is 7.65. The zero-order chi connectivity index (χ0) is 14.3. The number of halogens is 2. The predicted octanol–water partition coefficient (Wildman–Crippen LogP) is 2.70. The average molecular weight is 314 g/mol. The van der Waals surface area contributed by atoms with Crippen LogP contribution in [0.15, 0.2) is 12.1 Å². The van der Waals surface area contributed by atoms with Crippen LogP contribution < -0.4 is 0 Å². The molecule has 6 heteroatoms. The van der Waals surface area contributed by atoms with Crippen LogP contribution in [0.5, 0.6) is 0 Å². The molecule has 2 saturated heterocycles. The fourth-order valence-corrected chi connectivity index (χ4v) is 3.54. The number of nitrogens with zero attached hydrogens (tertiary/aromatic N) is 3. The Kier molecular flexibility index (Phi) is 3.89. The molecule has 0 aromatic carbocycles. The largest absolute Gasteiger partial charge is 0.336 e. The molecule has 1 aromatic rings. The van der Waals surface area contributed by atoms with Crippen LogP contribution in [0.2, 0.25) is 10.2 Å². The van der Waals surface area contributed by atoms with Crippen molar-refractivity contribution in [3.8, 4) is 0 Å². The number of fused-ring (bicyclic) bond motifs is 2. The first-order chi connectivity index (χ1) is 9.56. The summed E-state index contributed by atoms with van der Waals surface area (Å²) in [6.07, 6.45) is 3.40. The number of hydrogen-bond acceptors (Lipinski definition) is 3. The van der Waals surface area contributed by atoms with Gasteiger partial charge in [-0.3, -0.25) is 9.69 Å². The topological polar surface area (TPSA) is 36.4 Å². The van der Waals surface area contributed by atoms with Gasteiger partial charge in [0.25, 0.3) is 5.91 Å². The summed E-state index contributed by atoms with van der Waals surface area (Å²) in [6, 6.07) is 4.27. The van der Waals surface area contributed by atoms with E-state index in [0.29, 0.717) is 22.3 Å². The van der Waals surface area contributed by atoms with E-state index >= 15 is 0 Å². The van der Waals surface area contributed by atoms with Gasteiger partial charge in [-0.2, -0.15) is 0 Å². The quantitative estimate of drug-likeness (QED) is 0.748. The second-order valence-corrected chi connectivity index (χ2v) is 6.35. The van der Waals surface area contributed by atoms with Crippen LogP contribution in [0.25, 0.3) is 0 Å². The van der Waals surface area contributed by atoms with Gasteiger partial charge in [-0.15, -0.1) is 0 Å². The number of pyridine rings is 1. The second-order valence-electron chi connectivity index (χ2n) is 5.55. The van der Waals surface area contributed by atoms with E-state index in [0.717, 1.165) is 25.9 Å². The number of aromatic nitrogens is 1. The van der Waals surface area contributed by atoms with E-state index in [4.69, 9.17) is 23.2 Å². The highest BCUT2D eigenvalue weighted by Crippen LogP contribution is 2.29. The van der Waals surface area contributed by atoms with Crippen LogP contribution in [0, 0.1) is 0 Å². The summed E-state index contributed by atoms with van der Waals surface area (Å²) in [4.78, 5) is 21.0. The van der Waals surface area contributed by atoms with Gasteiger partial charge in [-0.25, -0.2) is 4.98 Å². The molecule has 0 aliphatic carbocycles. The van der Waals surface area contributed by atoms with Crippen molar-refractivity contribution in [1.29, 1.82) is 0 Å². The normalized spacial score (nSPS) is 26.6. The third-order valence-corrected chi connectivity index (χ3v) is 4.97. The molecule has 2 fully saturated rings. The summed E-state index contributed by atoms with van der Waals surface area (Å²) in [5, 5.41) is 0.661. The van der Waals surface area contributed by atoms with Gasteiger partial charge in [0.2, 0.25) is 0 Å². The number of carbonyl (C=O) groups is 1. The zero-order valence-electron chi connectivity index (χ0n) is 11.4. The lowest BCUT2D eigenvalue weighted by Crippen LogP contribution is -2.40. The molecule has 0 radical (unpaired) electrons. The summed E-state index contributed by atoms with van der Waals surface area (Å²) in [5.74, 6) is -0.113. The summed E-state index contributed by atoms with van der Waals surface area (Å²) in [7, 11) is 2.15. The van der Waals surface area contributed by atoms with Gasteiger partial charge >= 0.3 is 0 Å². The highest BCUT2D eigenvalue weighted by molar-refractivity contribution is 6.34. The lowest BCUT2D eigenvalue weighted by Gasteiger charge is -2.25. The van der Waals surface area contributed by atoms with Crippen LogP contribution in [0.1, 0.15) is 29.8 Å². The number of likely N-dealkylation sites (N-methyl/N-ethyl adjacent to an activating group) is 1. The van der Waals surface area contributed by atoms with E-state index in [1.807, 2.05) is 4.90 Å². The highest BCUT2D eigenvalue weighted by Gasteiger charge is 2.36. The van der Waals surface area contributed by atoms with Gasteiger partial charge in [0.15, 0.2) is 0 Å². The van der Waals surface area contributed by atoms with Gasteiger partial charge in [-0.1, -0.05) is 23.2 Å². The molecular formula is C14H17Cl2N3O. The average Bonchev–Trinajstić information content (AvgIpc) is 2.65. The monoisotopic (exact) mass is 313 g/mol. The summed E-state index contributed by atoms with van der Waals surface area (Å²) < 4.78 is 0. The van der Waals surface area contributed by atoms with Crippen molar-refractivity contribution in [3.05, 3.63) is 28.0 Å². The van der Waals surface area contributed by atoms with E-state index in [1.165, 1.54) is 6.42 Å². The molecule has 20 heavy (non-hydrogen) atoms. The molecular weight excluding hydrogens is 297 g/mol. The molecule has 2 atom stereocenters. The van der Waals surface area contributed by atoms with E-state index in [9.17, 15) is 4.79 Å². The third kappa shape index (κ3) is 2.52. The minimum Gasteiger partial charge on any atom is -0.336 e. The first kappa shape index (κ1) is 14.1. The molecule has 0 saturated carbocycles. The first-order valence-electron chi connectivity index (χ1n) is 6.89. The minimum atomic E-state index is -0.113. The number of rotatable bonds is 1. The van der Waals surface area contributed by atoms with E-state index < -0.39 is 0 Å². The molecule has 2 bridgehead atoms. The maximum absolute atomic E-state index is 12.6. The molecule has 0 spiro atoms. The van der Waals surface area contributed by atoms with Gasteiger partial charge in [0, 0.05) is 25.2 Å². The molecule has 0 N–H and O–H groups in total. The van der Waals surface area contributed by atoms with Gasteiger partial charge in [-0.05, 0) is 38.4 Å². The van der Waals surface area contributed by atoms with Crippen molar-refractivity contribution < 1.29 is 4.79 Å². The van der Waals surface area contributed by atoms with Gasteiger partial charge in [0.1, 0.15) is 10.8 Å². The number of likely N-dealkylation sites (tertiary alicyclic amines) is 1. The Morgan fingerprint density at radius 2 is 2.00 bits per heavy atom. The maximum atomic E-state index is 12.6. The Morgan fingerprint density at radius 3 is 2.80 bits per heavy atom. The number of carbonyl (C=O) groups excluding carboxylic acids is 1. The Morgan fingerprint density at radius 1 is 1.25 bits per heavy atom. The molecule has 2 aliphatic rings. The minimum absolute atomic E-state index is 0.113. The highest BCUT2D eigenvalue weighted by atomic mass is 35.5. The molecule has 3 heterocycles. The van der Waals surface area contributed by atoms with Crippen molar-refractivity contribution in [2.45, 2.75) is 31.3 Å². The number of amides is 1. The summed E-state index contributed by atoms with van der Waals surface area (Å²) in [5.41, 5.74) is 0.264. The second kappa shape index (κ2) is 5.51. The fourth-order valence-electron chi connectivity index (χ4n) is 3.21. The van der Waals surface area contributed by atoms with Crippen LogP contribution in [-0.4, -0.2) is 52.9 Å². The summed E-state index contributed by atoms with van der Waals surface area (Å²) >= 11 is 11.9. The molecule has 3 rings (SSSR count). The Balaban J connectivity index is 1.82. The SMILES string of the molecule is CN1C2CCC1CN(C(=O)c1nc(Cl)ccc1Cl)CC2. The predicted molar refractivity (Wildman–Crippen MR) is 79.4 cm³/mol. The molecule has 1 amide bonds. The van der Waals surface area contributed by atoms with Crippen LogP contribution in [0.4, 0.5) is 0 Å². The van der Waals surface area contributed by atoms with Crippen molar-refractivity contribution in [3.63, 3.8) is 0 Å². The van der Waals surface area contributed by atoms with Crippen molar-refractivity contribution in [2.24, 2.45) is 0 Å². The van der Waals surface area contributed by atoms with Gasteiger partial charge < -0.3 is 4.90 Å². The Hall–Kier alpha value is -0.840. The van der Waals surface area contributed by atoms with Crippen molar-refractivity contribution in [2.75, 3.05) is 20.1 Å². The van der Waals surface area contributed by atoms with Crippen LogP contribution in [-0.2, 0) is 0 Å². The smallest absolute Gasteiger partial charge is 0.274 e. The van der Waals surface area contributed by atoms with E-state index in [1.54, 1.807) is 12.1 Å². The molecule has 2 aliphatic heterocycles. The van der Waals surface area contributed by atoms with Crippen LogP contribution >= 0.6 is 23.2 Å². The zero-order valence-corrected chi connectivity index (χ0v) is 12.9. The molecule has 108 valence electrons. The lowest BCUT2D eigenvalue weighted by atomic mass is 10.1.